The highest BCUT2D eigenvalue weighted by Crippen LogP contribution is 2.13. The molecule has 0 amide bonds. The number of hydrogen-bond acceptors (Lipinski definition) is 6. The molecule has 2 heterocycles. The summed E-state index contributed by atoms with van der Waals surface area (Å²) in [5.41, 5.74) is 3.87. The Kier molecular flexibility index (Phi) is 5.74. The number of nitrogens with two attached hydrogens (primary N) is 1. The van der Waals surface area contributed by atoms with Gasteiger partial charge in [0, 0.05) is 44.0 Å². The van der Waals surface area contributed by atoms with Crippen LogP contribution < -0.4 is 11.3 Å². The highest BCUT2D eigenvalue weighted by atomic mass is 32.1. The summed E-state index contributed by atoms with van der Waals surface area (Å²) in [5, 5.41) is 2.02. The van der Waals surface area contributed by atoms with Crippen LogP contribution in [0.3, 0.4) is 0 Å². The van der Waals surface area contributed by atoms with Crippen LogP contribution in [0, 0.1) is 0 Å². The van der Waals surface area contributed by atoms with Crippen molar-refractivity contribution in [2.75, 3.05) is 26.9 Å². The number of hydrogen-bond donors (Lipinski definition) is 2. The molecule has 106 valence electrons. The fourth-order valence-electron chi connectivity index (χ4n) is 1.84. The summed E-state index contributed by atoms with van der Waals surface area (Å²) >= 11 is 1.63. The number of hydrazine groups is 1. The lowest BCUT2D eigenvalue weighted by Gasteiger charge is -2.14. The van der Waals surface area contributed by atoms with E-state index in [0.717, 1.165) is 23.5 Å². The maximum atomic E-state index is 5.57. The van der Waals surface area contributed by atoms with Crippen molar-refractivity contribution in [3.8, 4) is 0 Å². The number of fused-ring (bicyclic) bond motifs is 1. The number of thiazole rings is 1. The second-order valence-electron chi connectivity index (χ2n) is 4.29. The lowest BCUT2D eigenvalue weighted by atomic mass is 10.1. The number of nitrogens with one attached hydrogen (secondary N) is 1. The van der Waals surface area contributed by atoms with E-state index in [0.29, 0.717) is 19.8 Å². The molecule has 0 fully saturated rings. The van der Waals surface area contributed by atoms with Gasteiger partial charge >= 0.3 is 0 Å². The molecule has 2 aromatic rings. The van der Waals surface area contributed by atoms with Crippen LogP contribution in [0.4, 0.5) is 0 Å². The fourth-order valence-corrected chi connectivity index (χ4v) is 2.56. The molecule has 0 spiro atoms. The van der Waals surface area contributed by atoms with E-state index in [1.165, 1.54) is 0 Å². The van der Waals surface area contributed by atoms with Crippen molar-refractivity contribution in [2.24, 2.45) is 5.84 Å². The van der Waals surface area contributed by atoms with Gasteiger partial charge in [-0.25, -0.2) is 4.98 Å². The first kappa shape index (κ1) is 14.4. The van der Waals surface area contributed by atoms with Gasteiger partial charge in [-0.15, -0.1) is 11.3 Å². The smallest absolute Gasteiger partial charge is 0.193 e. The fraction of sp³-hybridized carbons (Fsp3) is 0.583. The number of nitrogens with zero attached hydrogens (tertiary/aromatic N) is 2. The zero-order valence-electron chi connectivity index (χ0n) is 11.0. The average molecular weight is 284 g/mol. The summed E-state index contributed by atoms with van der Waals surface area (Å²) in [5.74, 6) is 5.57. The molecule has 2 rings (SSSR count). The molecule has 6 nitrogen and oxygen atoms in total. The monoisotopic (exact) mass is 284 g/mol. The van der Waals surface area contributed by atoms with Gasteiger partial charge in [-0.2, -0.15) is 0 Å². The van der Waals surface area contributed by atoms with Crippen molar-refractivity contribution >= 4 is 16.3 Å². The number of imidazole rings is 1. The molecular weight excluding hydrogens is 264 g/mol. The normalized spacial score (nSPS) is 13.2. The van der Waals surface area contributed by atoms with Crippen LogP contribution in [0.15, 0.2) is 17.8 Å². The number of aromatic nitrogens is 2. The van der Waals surface area contributed by atoms with Gasteiger partial charge in [-0.05, 0) is 6.42 Å². The number of ether oxygens (including phenoxy) is 2. The lowest BCUT2D eigenvalue weighted by Crippen LogP contribution is -2.37. The van der Waals surface area contributed by atoms with Crippen LogP contribution in [-0.4, -0.2) is 42.4 Å². The van der Waals surface area contributed by atoms with Crippen LogP contribution in [0.5, 0.6) is 0 Å². The van der Waals surface area contributed by atoms with Gasteiger partial charge in [0.15, 0.2) is 4.96 Å². The summed E-state index contributed by atoms with van der Waals surface area (Å²) in [6.45, 7) is 1.91. The Morgan fingerprint density at radius 3 is 3.11 bits per heavy atom. The molecule has 0 bridgehead atoms. The summed E-state index contributed by atoms with van der Waals surface area (Å²) in [6.07, 6.45) is 5.71. The van der Waals surface area contributed by atoms with E-state index in [9.17, 15) is 0 Å². The quantitative estimate of drug-likeness (QED) is 0.405. The third-order valence-electron chi connectivity index (χ3n) is 2.88. The van der Waals surface area contributed by atoms with Gasteiger partial charge in [0.2, 0.25) is 0 Å². The molecule has 2 aromatic heterocycles. The maximum Gasteiger partial charge on any atom is 0.193 e. The summed E-state index contributed by atoms with van der Waals surface area (Å²) < 4.78 is 12.4. The summed E-state index contributed by atoms with van der Waals surface area (Å²) in [4.78, 5) is 5.56. The first-order chi connectivity index (χ1) is 9.33. The Labute approximate surface area is 116 Å². The Balaban J connectivity index is 1.76. The Hall–Kier alpha value is -0.990. The van der Waals surface area contributed by atoms with Gasteiger partial charge in [0.1, 0.15) is 0 Å². The van der Waals surface area contributed by atoms with E-state index in [2.05, 4.69) is 10.4 Å². The summed E-state index contributed by atoms with van der Waals surface area (Å²) in [7, 11) is 1.66. The first-order valence-electron chi connectivity index (χ1n) is 6.27. The van der Waals surface area contributed by atoms with Crippen molar-refractivity contribution in [3.63, 3.8) is 0 Å². The minimum atomic E-state index is 0.173. The zero-order valence-corrected chi connectivity index (χ0v) is 11.9. The zero-order chi connectivity index (χ0) is 13.5. The molecule has 1 unspecified atom stereocenters. The van der Waals surface area contributed by atoms with Crippen LogP contribution in [-0.2, 0) is 15.9 Å². The van der Waals surface area contributed by atoms with E-state index >= 15 is 0 Å². The van der Waals surface area contributed by atoms with E-state index in [1.807, 2.05) is 22.2 Å². The molecule has 19 heavy (non-hydrogen) atoms. The van der Waals surface area contributed by atoms with Crippen molar-refractivity contribution < 1.29 is 9.47 Å². The first-order valence-corrected chi connectivity index (χ1v) is 7.15. The molecule has 0 saturated heterocycles. The maximum absolute atomic E-state index is 5.57. The van der Waals surface area contributed by atoms with Crippen LogP contribution in [0.2, 0.25) is 0 Å². The van der Waals surface area contributed by atoms with Crippen LogP contribution in [0.1, 0.15) is 12.1 Å². The van der Waals surface area contributed by atoms with Gasteiger partial charge in [0.05, 0.1) is 18.9 Å². The van der Waals surface area contributed by atoms with Crippen molar-refractivity contribution in [3.05, 3.63) is 23.5 Å². The van der Waals surface area contributed by atoms with Gasteiger partial charge in [-0.3, -0.25) is 15.7 Å². The largest absolute Gasteiger partial charge is 0.382 e. The molecule has 1 atom stereocenters. The molecular formula is C12H20N4O2S. The number of methoxy groups -OCH3 is 1. The van der Waals surface area contributed by atoms with Crippen LogP contribution in [0.25, 0.3) is 4.96 Å². The highest BCUT2D eigenvalue weighted by Gasteiger charge is 2.11. The Bertz CT molecular complexity index is 456. The third kappa shape index (κ3) is 4.26. The second kappa shape index (κ2) is 7.56. The van der Waals surface area contributed by atoms with E-state index in [1.54, 1.807) is 18.4 Å². The van der Waals surface area contributed by atoms with E-state index in [-0.39, 0.29) is 6.04 Å². The van der Waals surface area contributed by atoms with Gasteiger partial charge in [-0.1, -0.05) is 0 Å². The molecule has 0 aromatic carbocycles. The number of rotatable bonds is 9. The Morgan fingerprint density at radius 2 is 2.37 bits per heavy atom. The molecule has 0 radical (unpaired) electrons. The van der Waals surface area contributed by atoms with Crippen LogP contribution >= 0.6 is 11.3 Å². The Morgan fingerprint density at radius 1 is 1.47 bits per heavy atom. The third-order valence-corrected chi connectivity index (χ3v) is 3.65. The standard InChI is InChI=1S/C12H20N4O2S/c1-17-5-6-18-4-2-10(15-13)8-11-9-16-3-7-19-12(16)14-11/h3,7,9-10,15H,2,4-6,8,13H2,1H3. The molecule has 0 aliphatic carbocycles. The topological polar surface area (TPSA) is 73.8 Å². The SMILES string of the molecule is COCCOCCC(Cc1cn2ccsc2n1)NN. The van der Waals surface area contributed by atoms with Gasteiger partial charge in [0.25, 0.3) is 0 Å². The molecule has 0 saturated carbocycles. The van der Waals surface area contributed by atoms with E-state index in [4.69, 9.17) is 15.3 Å². The predicted octanol–water partition coefficient (Wildman–Crippen LogP) is 0.823. The summed E-state index contributed by atoms with van der Waals surface area (Å²) in [6, 6.07) is 0.173. The molecule has 0 aliphatic rings. The van der Waals surface area contributed by atoms with E-state index < -0.39 is 0 Å². The van der Waals surface area contributed by atoms with Crippen molar-refractivity contribution in [1.29, 1.82) is 0 Å². The van der Waals surface area contributed by atoms with Crippen molar-refractivity contribution in [2.45, 2.75) is 18.9 Å². The predicted molar refractivity (Wildman–Crippen MR) is 75.2 cm³/mol. The molecule has 7 heteroatoms. The highest BCUT2D eigenvalue weighted by molar-refractivity contribution is 7.15. The van der Waals surface area contributed by atoms with Crippen molar-refractivity contribution in [1.82, 2.24) is 14.8 Å². The van der Waals surface area contributed by atoms with Gasteiger partial charge < -0.3 is 9.47 Å². The second-order valence-corrected chi connectivity index (χ2v) is 5.16. The molecule has 3 N–H and O–H groups in total. The molecule has 0 aliphatic heterocycles. The minimum absolute atomic E-state index is 0.173. The average Bonchev–Trinajstić information content (AvgIpc) is 2.97. The minimum Gasteiger partial charge on any atom is -0.382 e. The lowest BCUT2D eigenvalue weighted by molar-refractivity contribution is 0.0658.